The molecule has 1 rings (SSSR count). The van der Waals surface area contributed by atoms with E-state index in [2.05, 4.69) is 18.8 Å². The molecule has 1 N–H and O–H groups in total. The highest BCUT2D eigenvalue weighted by molar-refractivity contribution is 5.14. The summed E-state index contributed by atoms with van der Waals surface area (Å²) in [5.74, 6) is 0.440. The highest BCUT2D eigenvalue weighted by Gasteiger charge is 2.12. The normalized spacial score (nSPS) is 10.8. The monoisotopic (exact) mass is 193 g/mol. The van der Waals surface area contributed by atoms with Crippen molar-refractivity contribution in [3.05, 3.63) is 34.2 Å². The Labute approximate surface area is 85.4 Å². The molecule has 14 heavy (non-hydrogen) atoms. The predicted octanol–water partition coefficient (Wildman–Crippen LogP) is 3.06. The van der Waals surface area contributed by atoms with Gasteiger partial charge in [-0.05, 0) is 24.8 Å². The first-order chi connectivity index (χ1) is 6.79. The summed E-state index contributed by atoms with van der Waals surface area (Å²) >= 11 is 0. The molecule has 0 aliphatic carbocycles. The van der Waals surface area contributed by atoms with Gasteiger partial charge in [-0.3, -0.25) is 4.79 Å². The summed E-state index contributed by atoms with van der Waals surface area (Å²) < 4.78 is 0. The number of nitrogens with one attached hydrogen (secondary N) is 1. The van der Waals surface area contributed by atoms with E-state index >= 15 is 0 Å². The van der Waals surface area contributed by atoms with Crippen LogP contribution < -0.4 is 5.56 Å². The smallest absolute Gasteiger partial charge is 0.251 e. The van der Waals surface area contributed by atoms with Gasteiger partial charge in [-0.2, -0.15) is 0 Å². The molecule has 2 nitrogen and oxygen atoms in total. The van der Waals surface area contributed by atoms with Crippen LogP contribution in [0, 0.1) is 0 Å². The number of H-pyrrole nitrogens is 1. The van der Waals surface area contributed by atoms with Crippen LogP contribution in [-0.2, 0) is 0 Å². The van der Waals surface area contributed by atoms with Crippen molar-refractivity contribution in [2.75, 3.05) is 0 Å². The Morgan fingerprint density at radius 3 is 2.43 bits per heavy atom. The maximum atomic E-state index is 11.6. The summed E-state index contributed by atoms with van der Waals surface area (Å²) in [5.41, 5.74) is 1.04. The molecule has 0 aliphatic rings. The van der Waals surface area contributed by atoms with Gasteiger partial charge < -0.3 is 4.98 Å². The van der Waals surface area contributed by atoms with Crippen LogP contribution in [0.1, 0.15) is 51.0 Å². The zero-order valence-electron chi connectivity index (χ0n) is 9.05. The molecule has 0 fully saturated rings. The minimum Gasteiger partial charge on any atom is -0.329 e. The Hall–Kier alpha value is -1.05. The zero-order chi connectivity index (χ0) is 10.4. The molecule has 0 saturated carbocycles. The number of hydrogen-bond acceptors (Lipinski definition) is 1. The molecule has 0 bridgehead atoms. The lowest BCUT2D eigenvalue weighted by Crippen LogP contribution is -2.15. The standard InChI is InChI=1S/C12H19NO/c1-3-6-10(7-4-2)11-8-5-9-13-12(11)14/h5,8-10H,3-4,6-7H2,1-2H3,(H,13,14). The van der Waals surface area contributed by atoms with Crippen LogP contribution in [0.3, 0.4) is 0 Å². The molecule has 1 heterocycles. The van der Waals surface area contributed by atoms with Gasteiger partial charge in [0, 0.05) is 11.8 Å². The zero-order valence-corrected chi connectivity index (χ0v) is 9.05. The molecule has 78 valence electrons. The third-order valence-electron chi connectivity index (χ3n) is 2.56. The van der Waals surface area contributed by atoms with Crippen molar-refractivity contribution in [1.29, 1.82) is 0 Å². The quantitative estimate of drug-likeness (QED) is 0.766. The third-order valence-corrected chi connectivity index (χ3v) is 2.56. The van der Waals surface area contributed by atoms with E-state index in [9.17, 15) is 4.79 Å². The Kier molecular flexibility index (Phi) is 4.44. The van der Waals surface area contributed by atoms with E-state index in [-0.39, 0.29) is 5.56 Å². The number of pyridine rings is 1. The molecule has 0 atom stereocenters. The summed E-state index contributed by atoms with van der Waals surface area (Å²) in [7, 11) is 0. The summed E-state index contributed by atoms with van der Waals surface area (Å²) in [5, 5.41) is 0. The van der Waals surface area contributed by atoms with Crippen molar-refractivity contribution in [3.8, 4) is 0 Å². The average molecular weight is 193 g/mol. The van der Waals surface area contributed by atoms with E-state index in [0.29, 0.717) is 5.92 Å². The second kappa shape index (κ2) is 5.63. The van der Waals surface area contributed by atoms with Crippen molar-refractivity contribution in [2.24, 2.45) is 0 Å². The van der Waals surface area contributed by atoms with Crippen molar-refractivity contribution < 1.29 is 0 Å². The van der Waals surface area contributed by atoms with Crippen LogP contribution in [-0.4, -0.2) is 4.98 Å². The van der Waals surface area contributed by atoms with Gasteiger partial charge >= 0.3 is 0 Å². The molecule has 0 radical (unpaired) electrons. The lowest BCUT2D eigenvalue weighted by molar-refractivity contribution is 0.556. The van der Waals surface area contributed by atoms with E-state index in [1.54, 1.807) is 6.20 Å². The fourth-order valence-electron chi connectivity index (χ4n) is 1.91. The van der Waals surface area contributed by atoms with E-state index in [1.165, 1.54) is 0 Å². The van der Waals surface area contributed by atoms with Gasteiger partial charge in [0.25, 0.3) is 5.56 Å². The second-order valence-electron chi connectivity index (χ2n) is 3.73. The predicted molar refractivity (Wildman–Crippen MR) is 59.6 cm³/mol. The van der Waals surface area contributed by atoms with Crippen LogP contribution in [0.15, 0.2) is 23.1 Å². The molecule has 2 heteroatoms. The summed E-state index contributed by atoms with van der Waals surface area (Å²) in [6.45, 7) is 4.33. The Bertz CT molecular complexity index is 310. The van der Waals surface area contributed by atoms with E-state index in [0.717, 1.165) is 31.2 Å². The first kappa shape index (κ1) is 11.0. The van der Waals surface area contributed by atoms with Crippen LogP contribution in [0.5, 0.6) is 0 Å². The van der Waals surface area contributed by atoms with Gasteiger partial charge in [0.2, 0.25) is 0 Å². The highest BCUT2D eigenvalue weighted by Crippen LogP contribution is 2.23. The Morgan fingerprint density at radius 2 is 1.93 bits per heavy atom. The average Bonchev–Trinajstić information content (AvgIpc) is 2.18. The largest absolute Gasteiger partial charge is 0.329 e. The van der Waals surface area contributed by atoms with Gasteiger partial charge in [-0.1, -0.05) is 32.8 Å². The summed E-state index contributed by atoms with van der Waals surface area (Å²) in [6.07, 6.45) is 6.20. The maximum absolute atomic E-state index is 11.6. The lowest BCUT2D eigenvalue weighted by atomic mass is 9.91. The fraction of sp³-hybridized carbons (Fsp3) is 0.583. The molecule has 1 aromatic rings. The van der Waals surface area contributed by atoms with Crippen LogP contribution in [0.2, 0.25) is 0 Å². The molecular formula is C12H19NO. The van der Waals surface area contributed by atoms with Crippen LogP contribution in [0.4, 0.5) is 0 Å². The fourth-order valence-corrected chi connectivity index (χ4v) is 1.91. The maximum Gasteiger partial charge on any atom is 0.251 e. The van der Waals surface area contributed by atoms with Gasteiger partial charge in [0.15, 0.2) is 0 Å². The molecule has 0 saturated heterocycles. The second-order valence-corrected chi connectivity index (χ2v) is 3.73. The number of rotatable bonds is 5. The number of hydrogen-bond donors (Lipinski definition) is 1. The Balaban J connectivity index is 2.87. The first-order valence-corrected chi connectivity index (χ1v) is 5.47. The molecule has 0 amide bonds. The minimum atomic E-state index is 0.0828. The highest BCUT2D eigenvalue weighted by atomic mass is 16.1. The molecule has 0 spiro atoms. The van der Waals surface area contributed by atoms with Gasteiger partial charge in [0.1, 0.15) is 0 Å². The van der Waals surface area contributed by atoms with E-state index in [1.807, 2.05) is 12.1 Å². The minimum absolute atomic E-state index is 0.0828. The molecule has 0 aromatic carbocycles. The number of aromatic nitrogens is 1. The van der Waals surface area contributed by atoms with Crippen LogP contribution >= 0.6 is 0 Å². The van der Waals surface area contributed by atoms with Crippen molar-refractivity contribution in [1.82, 2.24) is 4.98 Å². The lowest BCUT2D eigenvalue weighted by Gasteiger charge is -2.13. The first-order valence-electron chi connectivity index (χ1n) is 5.47. The van der Waals surface area contributed by atoms with Gasteiger partial charge in [-0.25, -0.2) is 0 Å². The van der Waals surface area contributed by atoms with Crippen molar-refractivity contribution >= 4 is 0 Å². The SMILES string of the molecule is CCCC(CCC)c1ccc[nH]c1=O. The molecule has 0 unspecified atom stereocenters. The van der Waals surface area contributed by atoms with Gasteiger partial charge in [-0.15, -0.1) is 0 Å². The van der Waals surface area contributed by atoms with E-state index in [4.69, 9.17) is 0 Å². The van der Waals surface area contributed by atoms with Gasteiger partial charge in [0.05, 0.1) is 0 Å². The topological polar surface area (TPSA) is 32.9 Å². The summed E-state index contributed by atoms with van der Waals surface area (Å²) in [4.78, 5) is 14.3. The van der Waals surface area contributed by atoms with Crippen molar-refractivity contribution in [2.45, 2.75) is 45.4 Å². The molecule has 1 aromatic heterocycles. The van der Waals surface area contributed by atoms with E-state index < -0.39 is 0 Å². The third kappa shape index (κ3) is 2.72. The summed E-state index contributed by atoms with van der Waals surface area (Å²) in [6, 6.07) is 3.86. The van der Waals surface area contributed by atoms with Crippen molar-refractivity contribution in [3.63, 3.8) is 0 Å². The molecular weight excluding hydrogens is 174 g/mol. The van der Waals surface area contributed by atoms with Crippen LogP contribution in [0.25, 0.3) is 0 Å². The Morgan fingerprint density at radius 1 is 1.29 bits per heavy atom. The number of aromatic amines is 1. The molecule has 0 aliphatic heterocycles.